The minimum atomic E-state index is 0.166. The van der Waals surface area contributed by atoms with Crippen LogP contribution in [-0.4, -0.2) is 33.4 Å². The van der Waals surface area contributed by atoms with Crippen LogP contribution in [0.3, 0.4) is 0 Å². The fraction of sp³-hybridized carbons (Fsp3) is 0.647. The first kappa shape index (κ1) is 15.3. The van der Waals surface area contributed by atoms with Crippen molar-refractivity contribution in [1.29, 1.82) is 0 Å². The Morgan fingerprint density at radius 1 is 1.40 bits per heavy atom. The van der Waals surface area contributed by atoms with E-state index < -0.39 is 0 Å². The van der Waals surface area contributed by atoms with Crippen LogP contribution in [0, 0.1) is 5.41 Å². The van der Waals surface area contributed by atoms with Gasteiger partial charge in [0.05, 0.1) is 20.3 Å². The van der Waals surface area contributed by atoms with Crippen LogP contribution in [0.15, 0.2) is 18.2 Å². The van der Waals surface area contributed by atoms with Gasteiger partial charge in [0, 0.05) is 18.5 Å². The van der Waals surface area contributed by atoms with Gasteiger partial charge in [0.15, 0.2) is 0 Å². The van der Waals surface area contributed by atoms with E-state index in [-0.39, 0.29) is 5.41 Å². The van der Waals surface area contributed by atoms with Crippen molar-refractivity contribution in [2.24, 2.45) is 5.41 Å². The number of nitrogens with one attached hydrogen (secondary N) is 1. The zero-order valence-electron chi connectivity index (χ0n) is 13.2. The molecule has 0 amide bonds. The Kier molecular flexibility index (Phi) is 5.06. The lowest BCUT2D eigenvalue weighted by Gasteiger charge is -2.28. The summed E-state index contributed by atoms with van der Waals surface area (Å²) in [4.78, 5) is 0. The van der Waals surface area contributed by atoms with E-state index in [1.165, 1.54) is 11.1 Å². The highest BCUT2D eigenvalue weighted by Gasteiger charge is 2.27. The summed E-state index contributed by atoms with van der Waals surface area (Å²) < 4.78 is 11.2. The summed E-state index contributed by atoms with van der Waals surface area (Å²) in [5.74, 6) is 1.46. The normalized spacial score (nSPS) is 23.6. The van der Waals surface area contributed by atoms with Gasteiger partial charge < -0.3 is 14.8 Å². The van der Waals surface area contributed by atoms with Gasteiger partial charge in [-0.1, -0.05) is 32.9 Å². The van der Waals surface area contributed by atoms with Crippen molar-refractivity contribution in [3.05, 3.63) is 29.3 Å². The van der Waals surface area contributed by atoms with Crippen LogP contribution in [0.25, 0.3) is 0 Å². The SMILES string of the molecule is COc1ccc(CC2(C)CNCCOC2)cc1C(C)C. The third-order valence-corrected chi connectivity index (χ3v) is 3.97. The lowest BCUT2D eigenvalue weighted by atomic mass is 9.83. The minimum absolute atomic E-state index is 0.166. The molecular weight excluding hydrogens is 250 g/mol. The molecule has 20 heavy (non-hydrogen) atoms. The molecule has 2 rings (SSSR count). The molecule has 1 heterocycles. The second-order valence-electron chi connectivity index (χ2n) is 6.45. The van der Waals surface area contributed by atoms with Crippen LogP contribution in [-0.2, 0) is 11.2 Å². The number of hydrogen-bond acceptors (Lipinski definition) is 3. The Bertz CT molecular complexity index is 435. The monoisotopic (exact) mass is 277 g/mol. The molecule has 1 unspecified atom stereocenters. The summed E-state index contributed by atoms with van der Waals surface area (Å²) in [5.41, 5.74) is 2.82. The second kappa shape index (κ2) is 6.59. The first-order valence-corrected chi connectivity index (χ1v) is 7.49. The Hall–Kier alpha value is -1.06. The number of rotatable bonds is 4. The van der Waals surface area contributed by atoms with Gasteiger partial charge in [0.25, 0.3) is 0 Å². The third kappa shape index (κ3) is 3.74. The predicted molar refractivity (Wildman–Crippen MR) is 82.6 cm³/mol. The van der Waals surface area contributed by atoms with E-state index in [0.29, 0.717) is 5.92 Å². The van der Waals surface area contributed by atoms with Gasteiger partial charge >= 0.3 is 0 Å². The summed E-state index contributed by atoms with van der Waals surface area (Å²) in [7, 11) is 1.74. The Morgan fingerprint density at radius 3 is 2.90 bits per heavy atom. The Morgan fingerprint density at radius 2 is 2.20 bits per heavy atom. The molecule has 0 saturated carbocycles. The molecule has 112 valence electrons. The minimum Gasteiger partial charge on any atom is -0.496 e. The van der Waals surface area contributed by atoms with Gasteiger partial charge in [-0.05, 0) is 29.5 Å². The Labute approximate surface area is 122 Å². The van der Waals surface area contributed by atoms with Gasteiger partial charge in [0.1, 0.15) is 5.75 Å². The highest BCUT2D eigenvalue weighted by molar-refractivity contribution is 5.39. The van der Waals surface area contributed by atoms with Crippen molar-refractivity contribution < 1.29 is 9.47 Å². The first-order valence-electron chi connectivity index (χ1n) is 7.49. The molecule has 3 heteroatoms. The molecule has 1 atom stereocenters. The van der Waals surface area contributed by atoms with Crippen LogP contribution < -0.4 is 10.1 Å². The van der Waals surface area contributed by atoms with Crippen molar-refractivity contribution >= 4 is 0 Å². The lowest BCUT2D eigenvalue weighted by Crippen LogP contribution is -2.34. The quantitative estimate of drug-likeness (QED) is 0.918. The zero-order valence-corrected chi connectivity index (χ0v) is 13.2. The summed E-state index contributed by atoms with van der Waals surface area (Å²) in [5, 5.41) is 3.47. The van der Waals surface area contributed by atoms with Crippen LogP contribution in [0.5, 0.6) is 5.75 Å². The van der Waals surface area contributed by atoms with Crippen LogP contribution >= 0.6 is 0 Å². The van der Waals surface area contributed by atoms with Gasteiger partial charge in [-0.3, -0.25) is 0 Å². The largest absolute Gasteiger partial charge is 0.496 e. The molecule has 1 saturated heterocycles. The average Bonchev–Trinajstić information content (AvgIpc) is 2.63. The van der Waals surface area contributed by atoms with Crippen molar-refractivity contribution in [2.75, 3.05) is 33.4 Å². The topological polar surface area (TPSA) is 30.5 Å². The first-order chi connectivity index (χ1) is 9.54. The standard InChI is InChI=1S/C17H27NO2/c1-13(2)15-9-14(5-6-16(15)19-4)10-17(3)11-18-7-8-20-12-17/h5-6,9,13,18H,7-8,10-12H2,1-4H3. The zero-order chi connectivity index (χ0) is 14.6. The molecule has 1 N–H and O–H groups in total. The third-order valence-electron chi connectivity index (χ3n) is 3.97. The maximum atomic E-state index is 5.72. The van der Waals surface area contributed by atoms with E-state index >= 15 is 0 Å². The molecule has 0 spiro atoms. The number of benzene rings is 1. The number of ether oxygens (including phenoxy) is 2. The van der Waals surface area contributed by atoms with E-state index in [4.69, 9.17) is 9.47 Å². The fourth-order valence-electron chi connectivity index (χ4n) is 2.86. The highest BCUT2D eigenvalue weighted by atomic mass is 16.5. The van der Waals surface area contributed by atoms with Crippen LogP contribution in [0.1, 0.15) is 37.8 Å². The lowest BCUT2D eigenvalue weighted by molar-refractivity contribution is 0.0796. The molecule has 0 aromatic heterocycles. The predicted octanol–water partition coefficient (Wildman–Crippen LogP) is 2.99. The van der Waals surface area contributed by atoms with Crippen molar-refractivity contribution in [1.82, 2.24) is 5.32 Å². The Balaban J connectivity index is 2.18. The van der Waals surface area contributed by atoms with E-state index in [0.717, 1.165) is 38.5 Å². The van der Waals surface area contributed by atoms with Crippen molar-refractivity contribution in [2.45, 2.75) is 33.1 Å². The average molecular weight is 277 g/mol. The molecule has 0 radical (unpaired) electrons. The molecule has 1 aromatic rings. The molecular formula is C17H27NO2. The summed E-state index contributed by atoms with van der Waals surface area (Å²) in [6.07, 6.45) is 1.03. The molecule has 3 nitrogen and oxygen atoms in total. The summed E-state index contributed by atoms with van der Waals surface area (Å²) in [6.45, 7) is 10.3. The molecule has 0 bridgehead atoms. The van der Waals surface area contributed by atoms with E-state index in [1.54, 1.807) is 7.11 Å². The van der Waals surface area contributed by atoms with E-state index in [9.17, 15) is 0 Å². The second-order valence-corrected chi connectivity index (χ2v) is 6.45. The molecule has 1 fully saturated rings. The summed E-state index contributed by atoms with van der Waals surface area (Å²) in [6, 6.07) is 6.57. The molecule has 1 aliphatic rings. The fourth-order valence-corrected chi connectivity index (χ4v) is 2.86. The summed E-state index contributed by atoms with van der Waals surface area (Å²) >= 11 is 0. The number of hydrogen-bond donors (Lipinski definition) is 1. The van der Waals surface area contributed by atoms with Crippen LogP contribution in [0.2, 0.25) is 0 Å². The van der Waals surface area contributed by atoms with Crippen molar-refractivity contribution in [3.63, 3.8) is 0 Å². The van der Waals surface area contributed by atoms with Crippen LogP contribution in [0.4, 0.5) is 0 Å². The van der Waals surface area contributed by atoms with Gasteiger partial charge in [-0.25, -0.2) is 0 Å². The molecule has 1 aliphatic heterocycles. The maximum absolute atomic E-state index is 5.72. The van der Waals surface area contributed by atoms with E-state index in [2.05, 4.69) is 44.3 Å². The van der Waals surface area contributed by atoms with Crippen molar-refractivity contribution in [3.8, 4) is 5.75 Å². The van der Waals surface area contributed by atoms with Gasteiger partial charge in [0.2, 0.25) is 0 Å². The smallest absolute Gasteiger partial charge is 0.122 e. The maximum Gasteiger partial charge on any atom is 0.122 e. The number of methoxy groups -OCH3 is 1. The molecule has 1 aromatic carbocycles. The van der Waals surface area contributed by atoms with E-state index in [1.807, 2.05) is 0 Å². The highest BCUT2D eigenvalue weighted by Crippen LogP contribution is 2.30. The molecule has 0 aliphatic carbocycles. The van der Waals surface area contributed by atoms with Gasteiger partial charge in [-0.2, -0.15) is 0 Å². The van der Waals surface area contributed by atoms with Gasteiger partial charge in [-0.15, -0.1) is 0 Å².